The zero-order valence-corrected chi connectivity index (χ0v) is 14.9. The van der Waals surface area contributed by atoms with Crippen LogP contribution in [0.4, 0.5) is 5.69 Å². The van der Waals surface area contributed by atoms with Crippen LogP contribution in [0, 0.1) is 11.3 Å². The molecule has 0 unspecified atom stereocenters. The Balaban J connectivity index is 2.31. The monoisotopic (exact) mass is 406 g/mol. The molecule has 0 bridgehead atoms. The predicted molar refractivity (Wildman–Crippen MR) is 96.0 cm³/mol. The Morgan fingerprint density at radius 2 is 2.17 bits per heavy atom. The van der Waals surface area contributed by atoms with Crippen LogP contribution in [0.5, 0.6) is 11.5 Å². The van der Waals surface area contributed by atoms with Crippen LogP contribution >= 0.6 is 27.5 Å². The van der Waals surface area contributed by atoms with Crippen LogP contribution in [-0.2, 0) is 4.79 Å². The summed E-state index contributed by atoms with van der Waals surface area (Å²) in [5, 5.41) is 21.7. The van der Waals surface area contributed by atoms with E-state index in [1.807, 2.05) is 12.1 Å². The first-order valence-electron chi connectivity index (χ1n) is 6.70. The third kappa shape index (κ3) is 4.28. The van der Waals surface area contributed by atoms with Gasteiger partial charge in [-0.3, -0.25) is 4.79 Å². The van der Waals surface area contributed by atoms with Gasteiger partial charge in [0, 0.05) is 10.2 Å². The van der Waals surface area contributed by atoms with Crippen molar-refractivity contribution >= 4 is 45.2 Å². The molecule has 0 aliphatic heterocycles. The molecular formula is C17H12BrClN2O3. The van der Waals surface area contributed by atoms with E-state index >= 15 is 0 Å². The Hall–Kier alpha value is -2.49. The second-order valence-electron chi connectivity index (χ2n) is 4.69. The highest BCUT2D eigenvalue weighted by atomic mass is 79.9. The number of hydrogen-bond acceptors (Lipinski definition) is 4. The Morgan fingerprint density at radius 1 is 1.42 bits per heavy atom. The smallest absolute Gasteiger partial charge is 0.266 e. The van der Waals surface area contributed by atoms with E-state index in [9.17, 15) is 15.2 Å². The number of phenolic OH excluding ortho intramolecular Hbond substituents is 1. The van der Waals surface area contributed by atoms with Crippen LogP contribution in [0.15, 0.2) is 46.4 Å². The van der Waals surface area contributed by atoms with Crippen molar-refractivity contribution in [3.63, 3.8) is 0 Å². The number of anilines is 1. The van der Waals surface area contributed by atoms with Crippen molar-refractivity contribution in [1.82, 2.24) is 0 Å². The van der Waals surface area contributed by atoms with Gasteiger partial charge in [-0.25, -0.2) is 0 Å². The van der Waals surface area contributed by atoms with E-state index < -0.39 is 5.91 Å². The summed E-state index contributed by atoms with van der Waals surface area (Å²) in [4.78, 5) is 12.2. The van der Waals surface area contributed by atoms with Gasteiger partial charge in [-0.1, -0.05) is 33.6 Å². The summed E-state index contributed by atoms with van der Waals surface area (Å²) in [7, 11) is 1.38. The summed E-state index contributed by atoms with van der Waals surface area (Å²) in [5.41, 5.74) is 0.895. The maximum absolute atomic E-state index is 12.2. The number of rotatable bonds is 4. The summed E-state index contributed by atoms with van der Waals surface area (Å²) in [5.74, 6) is -0.606. The summed E-state index contributed by atoms with van der Waals surface area (Å²) < 4.78 is 5.80. The van der Waals surface area contributed by atoms with Crippen LogP contribution in [0.25, 0.3) is 6.08 Å². The third-order valence-electron chi connectivity index (χ3n) is 3.03. The van der Waals surface area contributed by atoms with E-state index in [2.05, 4.69) is 21.2 Å². The molecule has 0 aromatic heterocycles. The lowest BCUT2D eigenvalue weighted by molar-refractivity contribution is -0.112. The number of benzene rings is 2. The molecule has 0 saturated heterocycles. The highest BCUT2D eigenvalue weighted by Gasteiger charge is 2.12. The van der Waals surface area contributed by atoms with Gasteiger partial charge in [-0.05, 0) is 42.0 Å². The SMILES string of the molecule is COc1cc(/C=C(/C#N)C(=O)Nc2cccc(Br)c2)cc(Cl)c1O. The van der Waals surface area contributed by atoms with E-state index in [0.717, 1.165) is 4.47 Å². The quantitative estimate of drug-likeness (QED) is 0.583. The molecule has 2 N–H and O–H groups in total. The van der Waals surface area contributed by atoms with Gasteiger partial charge in [0.1, 0.15) is 11.6 Å². The predicted octanol–water partition coefficient (Wildman–Crippen LogP) is 4.36. The van der Waals surface area contributed by atoms with Crippen molar-refractivity contribution in [3.8, 4) is 17.6 Å². The van der Waals surface area contributed by atoms with Crippen LogP contribution in [0.2, 0.25) is 5.02 Å². The number of nitrogens with one attached hydrogen (secondary N) is 1. The van der Waals surface area contributed by atoms with Crippen molar-refractivity contribution in [1.29, 1.82) is 5.26 Å². The van der Waals surface area contributed by atoms with Crippen molar-refractivity contribution in [2.24, 2.45) is 0 Å². The molecule has 0 aliphatic carbocycles. The number of phenols is 1. The van der Waals surface area contributed by atoms with E-state index in [1.165, 1.54) is 25.3 Å². The van der Waals surface area contributed by atoms with E-state index in [0.29, 0.717) is 11.3 Å². The molecule has 0 saturated carbocycles. The lowest BCUT2D eigenvalue weighted by Gasteiger charge is -2.07. The fourth-order valence-corrected chi connectivity index (χ4v) is 2.53. The number of ether oxygens (including phenoxy) is 1. The maximum Gasteiger partial charge on any atom is 0.266 e. The highest BCUT2D eigenvalue weighted by molar-refractivity contribution is 9.10. The number of nitrogens with zero attached hydrogens (tertiary/aromatic N) is 1. The molecule has 0 fully saturated rings. The van der Waals surface area contributed by atoms with E-state index in [1.54, 1.807) is 18.2 Å². The Kier molecular flexibility index (Phi) is 5.85. The average molecular weight is 408 g/mol. The van der Waals surface area contributed by atoms with Crippen LogP contribution in [0.3, 0.4) is 0 Å². The molecule has 2 aromatic carbocycles. The Labute approximate surface area is 152 Å². The zero-order valence-electron chi connectivity index (χ0n) is 12.5. The fraction of sp³-hybridized carbons (Fsp3) is 0.0588. The van der Waals surface area contributed by atoms with Gasteiger partial charge in [0.2, 0.25) is 0 Å². The molecular weight excluding hydrogens is 396 g/mol. The van der Waals surface area contributed by atoms with Crippen molar-refractivity contribution < 1.29 is 14.6 Å². The van der Waals surface area contributed by atoms with Gasteiger partial charge in [0.25, 0.3) is 5.91 Å². The first kappa shape index (κ1) is 17.9. The molecule has 0 radical (unpaired) electrons. The first-order valence-corrected chi connectivity index (χ1v) is 7.87. The van der Waals surface area contributed by atoms with Gasteiger partial charge in [0.15, 0.2) is 11.5 Å². The lowest BCUT2D eigenvalue weighted by atomic mass is 10.1. The maximum atomic E-state index is 12.2. The van der Waals surface area contributed by atoms with Gasteiger partial charge in [0.05, 0.1) is 12.1 Å². The van der Waals surface area contributed by atoms with E-state index in [4.69, 9.17) is 16.3 Å². The molecule has 7 heteroatoms. The van der Waals surface area contributed by atoms with Gasteiger partial charge in [-0.2, -0.15) is 5.26 Å². The minimum absolute atomic E-state index is 0.0605. The standard InChI is InChI=1S/C17H12BrClN2O3/c1-24-15-7-10(6-14(19)16(15)22)5-11(9-20)17(23)21-13-4-2-3-12(18)8-13/h2-8,22H,1H3,(H,21,23)/b11-5-. The number of carbonyl (C=O) groups excluding carboxylic acids is 1. The summed E-state index contributed by atoms with van der Waals surface area (Å²) in [6.07, 6.45) is 1.36. The highest BCUT2D eigenvalue weighted by Crippen LogP contribution is 2.35. The number of amides is 1. The number of hydrogen-bond donors (Lipinski definition) is 2. The van der Waals surface area contributed by atoms with Gasteiger partial charge >= 0.3 is 0 Å². The van der Waals surface area contributed by atoms with Crippen LogP contribution in [0.1, 0.15) is 5.56 Å². The molecule has 2 rings (SSSR count). The minimum atomic E-state index is -0.557. The largest absolute Gasteiger partial charge is 0.503 e. The minimum Gasteiger partial charge on any atom is -0.503 e. The van der Waals surface area contributed by atoms with Crippen molar-refractivity contribution in [2.75, 3.05) is 12.4 Å². The molecule has 1 amide bonds. The molecule has 24 heavy (non-hydrogen) atoms. The number of carbonyl (C=O) groups is 1. The molecule has 0 aliphatic rings. The van der Waals surface area contributed by atoms with Gasteiger partial charge < -0.3 is 15.2 Å². The Bertz CT molecular complexity index is 859. The summed E-state index contributed by atoms with van der Waals surface area (Å²) in [6.45, 7) is 0. The van der Waals surface area contributed by atoms with Gasteiger partial charge in [-0.15, -0.1) is 0 Å². The molecule has 122 valence electrons. The van der Waals surface area contributed by atoms with Crippen molar-refractivity contribution in [3.05, 3.63) is 57.0 Å². The molecule has 2 aromatic rings. The molecule has 0 heterocycles. The zero-order chi connectivity index (χ0) is 17.7. The van der Waals surface area contributed by atoms with Crippen LogP contribution in [-0.4, -0.2) is 18.1 Å². The normalized spacial score (nSPS) is 10.8. The second kappa shape index (κ2) is 7.86. The number of halogens is 2. The topological polar surface area (TPSA) is 82.3 Å². The van der Waals surface area contributed by atoms with Crippen molar-refractivity contribution in [2.45, 2.75) is 0 Å². The Morgan fingerprint density at radius 3 is 2.79 bits per heavy atom. The first-order chi connectivity index (χ1) is 11.4. The third-order valence-corrected chi connectivity index (χ3v) is 3.81. The molecule has 0 spiro atoms. The summed E-state index contributed by atoms with van der Waals surface area (Å²) in [6, 6.07) is 11.8. The fourth-order valence-electron chi connectivity index (χ4n) is 1.91. The number of nitriles is 1. The number of methoxy groups -OCH3 is 1. The molecule has 5 nitrogen and oxygen atoms in total. The number of aromatic hydroxyl groups is 1. The average Bonchev–Trinajstić information content (AvgIpc) is 2.55. The lowest BCUT2D eigenvalue weighted by Crippen LogP contribution is -2.13. The summed E-state index contributed by atoms with van der Waals surface area (Å²) >= 11 is 9.21. The van der Waals surface area contributed by atoms with Crippen LogP contribution < -0.4 is 10.1 Å². The molecule has 0 atom stereocenters. The van der Waals surface area contributed by atoms with E-state index in [-0.39, 0.29) is 22.1 Å². The second-order valence-corrected chi connectivity index (χ2v) is 6.01.